The average Bonchev–Trinajstić information content (AvgIpc) is 2.69. The third-order valence-corrected chi connectivity index (χ3v) is 4.10. The Morgan fingerprint density at radius 3 is 2.39 bits per heavy atom. The molecular formula is C18H13BrN4O5. The molecule has 0 radical (unpaired) electrons. The lowest BCUT2D eigenvalue weighted by Crippen LogP contribution is -2.04. The zero-order chi connectivity index (χ0) is 20.1. The van der Waals surface area contributed by atoms with Crippen molar-refractivity contribution in [3.63, 3.8) is 0 Å². The SMILES string of the molecule is COC(=O)c1ccc(Oc2ncnc(Nc3ccc(Br)cc3)c2[N+](=O)[O-])cc1. The summed E-state index contributed by atoms with van der Waals surface area (Å²) >= 11 is 3.33. The zero-order valence-corrected chi connectivity index (χ0v) is 16.0. The van der Waals surface area contributed by atoms with Crippen LogP contribution in [0, 0.1) is 10.1 Å². The third kappa shape index (κ3) is 4.41. The van der Waals surface area contributed by atoms with E-state index >= 15 is 0 Å². The number of ether oxygens (including phenoxy) is 2. The van der Waals surface area contributed by atoms with Gasteiger partial charge in [-0.05, 0) is 48.5 Å². The minimum Gasteiger partial charge on any atom is -0.465 e. The van der Waals surface area contributed by atoms with Crippen molar-refractivity contribution < 1.29 is 19.2 Å². The molecule has 0 atom stereocenters. The van der Waals surface area contributed by atoms with E-state index < -0.39 is 16.6 Å². The fourth-order valence-corrected chi connectivity index (χ4v) is 2.52. The number of aromatic nitrogens is 2. The molecule has 0 saturated carbocycles. The summed E-state index contributed by atoms with van der Waals surface area (Å²) in [5.74, 6) is -0.474. The maximum absolute atomic E-state index is 11.6. The van der Waals surface area contributed by atoms with Gasteiger partial charge in [-0.25, -0.2) is 9.78 Å². The second-order valence-corrected chi connectivity index (χ2v) is 6.30. The summed E-state index contributed by atoms with van der Waals surface area (Å²) in [6.07, 6.45) is 1.16. The van der Waals surface area contributed by atoms with Gasteiger partial charge < -0.3 is 14.8 Å². The van der Waals surface area contributed by atoms with E-state index in [1.165, 1.54) is 31.4 Å². The highest BCUT2D eigenvalue weighted by atomic mass is 79.9. The molecule has 1 N–H and O–H groups in total. The van der Waals surface area contributed by atoms with E-state index in [1.54, 1.807) is 24.3 Å². The third-order valence-electron chi connectivity index (χ3n) is 3.57. The number of rotatable bonds is 6. The van der Waals surface area contributed by atoms with Crippen molar-refractivity contribution in [1.29, 1.82) is 0 Å². The van der Waals surface area contributed by atoms with E-state index in [4.69, 9.17) is 4.74 Å². The first-order valence-corrected chi connectivity index (χ1v) is 8.65. The molecule has 0 aliphatic carbocycles. The Morgan fingerprint density at radius 2 is 1.79 bits per heavy atom. The van der Waals surface area contributed by atoms with Crippen LogP contribution in [0.3, 0.4) is 0 Å². The molecule has 2 aromatic carbocycles. The lowest BCUT2D eigenvalue weighted by Gasteiger charge is -2.09. The van der Waals surface area contributed by atoms with Crippen molar-refractivity contribution in [1.82, 2.24) is 9.97 Å². The van der Waals surface area contributed by atoms with Gasteiger partial charge >= 0.3 is 17.5 Å². The maximum atomic E-state index is 11.6. The Bertz CT molecular complexity index is 1010. The van der Waals surface area contributed by atoms with Gasteiger partial charge in [0.05, 0.1) is 17.6 Å². The highest BCUT2D eigenvalue weighted by molar-refractivity contribution is 9.10. The van der Waals surface area contributed by atoms with Crippen LogP contribution < -0.4 is 10.1 Å². The molecule has 0 unspecified atom stereocenters. The fourth-order valence-electron chi connectivity index (χ4n) is 2.25. The van der Waals surface area contributed by atoms with Crippen molar-refractivity contribution in [2.24, 2.45) is 0 Å². The molecule has 0 aliphatic rings. The quantitative estimate of drug-likeness (QED) is 0.336. The molecule has 0 aliphatic heterocycles. The van der Waals surface area contributed by atoms with E-state index in [0.29, 0.717) is 11.3 Å². The highest BCUT2D eigenvalue weighted by Gasteiger charge is 2.25. The van der Waals surface area contributed by atoms with Crippen LogP contribution >= 0.6 is 15.9 Å². The van der Waals surface area contributed by atoms with Crippen LogP contribution in [0.25, 0.3) is 0 Å². The van der Waals surface area contributed by atoms with Crippen molar-refractivity contribution in [2.75, 3.05) is 12.4 Å². The van der Waals surface area contributed by atoms with Gasteiger partial charge in [-0.3, -0.25) is 10.1 Å². The number of carbonyl (C=O) groups is 1. The predicted molar refractivity (Wildman–Crippen MR) is 104 cm³/mol. The summed E-state index contributed by atoms with van der Waals surface area (Å²) < 4.78 is 11.0. The molecular weight excluding hydrogens is 432 g/mol. The number of benzene rings is 2. The number of anilines is 2. The highest BCUT2D eigenvalue weighted by Crippen LogP contribution is 2.35. The molecule has 0 amide bonds. The van der Waals surface area contributed by atoms with Crippen molar-refractivity contribution >= 4 is 39.1 Å². The molecule has 1 aromatic heterocycles. The van der Waals surface area contributed by atoms with Crippen LogP contribution in [0.5, 0.6) is 11.6 Å². The Hall–Kier alpha value is -3.53. The molecule has 1 heterocycles. The van der Waals surface area contributed by atoms with E-state index in [1.807, 2.05) is 0 Å². The fraction of sp³-hybridized carbons (Fsp3) is 0.0556. The number of hydrogen-bond acceptors (Lipinski definition) is 8. The Labute approximate surface area is 167 Å². The Balaban J connectivity index is 1.89. The smallest absolute Gasteiger partial charge is 0.373 e. The van der Waals surface area contributed by atoms with Crippen LogP contribution in [-0.4, -0.2) is 28.0 Å². The molecule has 9 nitrogen and oxygen atoms in total. The number of nitro groups is 1. The number of carbonyl (C=O) groups excluding carboxylic acids is 1. The predicted octanol–water partition coefficient (Wildman–Crippen LogP) is 4.47. The van der Waals surface area contributed by atoms with Gasteiger partial charge in [-0.2, -0.15) is 4.98 Å². The summed E-state index contributed by atoms with van der Waals surface area (Å²) in [7, 11) is 1.27. The Morgan fingerprint density at radius 1 is 1.11 bits per heavy atom. The number of nitrogens with zero attached hydrogens (tertiary/aromatic N) is 3. The molecule has 0 fully saturated rings. The normalized spacial score (nSPS) is 10.2. The summed E-state index contributed by atoms with van der Waals surface area (Å²) in [4.78, 5) is 30.3. The number of esters is 1. The molecule has 0 bridgehead atoms. The molecule has 28 heavy (non-hydrogen) atoms. The van der Waals surface area contributed by atoms with Crippen LogP contribution in [0.1, 0.15) is 10.4 Å². The summed E-state index contributed by atoms with van der Waals surface area (Å²) in [6, 6.07) is 13.0. The minimum atomic E-state index is -0.626. The standard InChI is InChI=1S/C18H13BrN4O5/c1-27-18(24)11-2-8-14(9-3-11)28-17-15(23(25)26)16(20-10-21-17)22-13-6-4-12(19)5-7-13/h2-10H,1H3,(H,20,21,22). The van der Waals surface area contributed by atoms with E-state index in [-0.39, 0.29) is 17.4 Å². The molecule has 10 heteroatoms. The molecule has 0 spiro atoms. The topological polar surface area (TPSA) is 116 Å². The zero-order valence-electron chi connectivity index (χ0n) is 14.5. The van der Waals surface area contributed by atoms with Crippen molar-refractivity contribution in [3.8, 4) is 11.6 Å². The number of nitrogens with one attached hydrogen (secondary N) is 1. The summed E-state index contributed by atoms with van der Waals surface area (Å²) in [5, 5.41) is 14.5. The second kappa shape index (κ2) is 8.44. The first kappa shape index (κ1) is 19.2. The molecule has 3 aromatic rings. The maximum Gasteiger partial charge on any atom is 0.373 e. The van der Waals surface area contributed by atoms with Crippen LogP contribution in [-0.2, 0) is 4.74 Å². The lowest BCUT2D eigenvalue weighted by molar-refractivity contribution is -0.385. The number of halogens is 1. The van der Waals surface area contributed by atoms with Crippen LogP contribution in [0.15, 0.2) is 59.3 Å². The van der Waals surface area contributed by atoms with E-state index in [9.17, 15) is 14.9 Å². The second-order valence-electron chi connectivity index (χ2n) is 5.38. The van der Waals surface area contributed by atoms with Crippen LogP contribution in [0.4, 0.5) is 17.2 Å². The number of hydrogen-bond donors (Lipinski definition) is 1. The first-order valence-electron chi connectivity index (χ1n) is 7.86. The van der Waals surface area contributed by atoms with E-state index in [0.717, 1.165) is 10.8 Å². The molecule has 142 valence electrons. The van der Waals surface area contributed by atoms with Crippen molar-refractivity contribution in [2.45, 2.75) is 0 Å². The monoisotopic (exact) mass is 444 g/mol. The van der Waals surface area contributed by atoms with E-state index in [2.05, 4.69) is 36.0 Å². The van der Waals surface area contributed by atoms with Gasteiger partial charge in [0.1, 0.15) is 12.1 Å². The van der Waals surface area contributed by atoms with Gasteiger partial charge in [0.25, 0.3) is 0 Å². The van der Waals surface area contributed by atoms with Gasteiger partial charge in [0.15, 0.2) is 0 Å². The Kier molecular flexibility index (Phi) is 5.80. The van der Waals surface area contributed by atoms with Gasteiger partial charge in [-0.1, -0.05) is 15.9 Å². The largest absolute Gasteiger partial charge is 0.465 e. The first-order chi connectivity index (χ1) is 13.5. The lowest BCUT2D eigenvalue weighted by atomic mass is 10.2. The number of methoxy groups -OCH3 is 1. The van der Waals surface area contributed by atoms with Crippen molar-refractivity contribution in [3.05, 3.63) is 75.0 Å². The van der Waals surface area contributed by atoms with Gasteiger partial charge in [0, 0.05) is 10.2 Å². The summed E-state index contributed by atoms with van der Waals surface area (Å²) in [5.41, 5.74) is 0.519. The average molecular weight is 445 g/mol. The molecule has 0 saturated heterocycles. The minimum absolute atomic E-state index is 0.0106. The van der Waals surface area contributed by atoms with Gasteiger partial charge in [0.2, 0.25) is 5.82 Å². The van der Waals surface area contributed by atoms with Crippen LogP contribution in [0.2, 0.25) is 0 Å². The van der Waals surface area contributed by atoms with Gasteiger partial charge in [-0.15, -0.1) is 0 Å². The molecule has 3 rings (SSSR count). The summed E-state index contributed by atoms with van der Waals surface area (Å²) in [6.45, 7) is 0.